The Labute approximate surface area is 762 Å². The summed E-state index contributed by atoms with van der Waals surface area (Å²) in [5.41, 5.74) is 15.7. The predicted octanol–water partition coefficient (Wildman–Crippen LogP) is 32.3. The van der Waals surface area contributed by atoms with Crippen molar-refractivity contribution in [3.8, 4) is 125 Å². The van der Waals surface area contributed by atoms with Crippen LogP contribution < -0.4 is 0 Å². The van der Waals surface area contributed by atoms with Crippen LogP contribution in [0.3, 0.4) is 0 Å². The summed E-state index contributed by atoms with van der Waals surface area (Å²) in [6.45, 7) is 0. The van der Waals surface area contributed by atoms with Crippen molar-refractivity contribution in [2.24, 2.45) is 0 Å². The molecule has 0 spiro atoms. The molecule has 0 aliphatic carbocycles. The molecule has 28 aromatic rings. The quantitative estimate of drug-likeness (QED) is 0.114. The summed E-state index contributed by atoms with van der Waals surface area (Å²) in [4.78, 5) is 49.2. The van der Waals surface area contributed by atoms with Gasteiger partial charge in [0.2, 0.25) is 0 Å². The minimum absolute atomic E-state index is 0.566. The van der Waals surface area contributed by atoms with Gasteiger partial charge < -0.3 is 8.83 Å². The molecule has 0 fully saturated rings. The van der Waals surface area contributed by atoms with Crippen molar-refractivity contribution < 1.29 is 8.83 Å². The van der Waals surface area contributed by atoms with Gasteiger partial charge in [-0.25, -0.2) is 44.9 Å². The molecular formula is C121H67N9O2S. The number of thiophene rings is 1. The average Bonchev–Trinajstić information content (AvgIpc) is 1.70. The highest BCUT2D eigenvalue weighted by Crippen LogP contribution is 2.51. The van der Waals surface area contributed by atoms with Gasteiger partial charge in [0.1, 0.15) is 22.3 Å². The number of benzene rings is 22. The first-order valence-corrected chi connectivity index (χ1v) is 45.5. The van der Waals surface area contributed by atoms with Crippen LogP contribution in [-0.2, 0) is 0 Å². The number of furan rings is 2. The molecule has 22 aromatic carbocycles. The fourth-order valence-corrected chi connectivity index (χ4v) is 22.2. The third kappa shape index (κ3) is 11.8. The summed E-state index contributed by atoms with van der Waals surface area (Å²) >= 11 is 1.81. The lowest BCUT2D eigenvalue weighted by molar-refractivity contribution is 0.668. The molecule has 0 unspecified atom stereocenters. The Morgan fingerprint density at radius 1 is 0.150 bits per heavy atom. The summed E-state index contributed by atoms with van der Waals surface area (Å²) < 4.78 is 15.2. The first-order valence-electron chi connectivity index (χ1n) is 44.7. The van der Waals surface area contributed by atoms with E-state index in [0.717, 1.165) is 239 Å². The maximum Gasteiger partial charge on any atom is 0.164 e. The van der Waals surface area contributed by atoms with Gasteiger partial charge in [0, 0.05) is 114 Å². The van der Waals surface area contributed by atoms with Gasteiger partial charge in [0.25, 0.3) is 0 Å². The fourth-order valence-electron chi connectivity index (χ4n) is 21.0. The van der Waals surface area contributed by atoms with E-state index in [1.54, 1.807) is 11.3 Å². The number of para-hydroxylation sites is 2. The summed E-state index contributed by atoms with van der Waals surface area (Å²) in [6, 6.07) is 144. The van der Waals surface area contributed by atoms with Crippen LogP contribution in [0.1, 0.15) is 0 Å². The second-order valence-electron chi connectivity index (χ2n) is 34.4. The van der Waals surface area contributed by atoms with Crippen LogP contribution in [-0.4, -0.2) is 44.9 Å². The molecule has 11 nitrogen and oxygen atoms in total. The topological polar surface area (TPSA) is 142 Å². The minimum Gasteiger partial charge on any atom is -0.456 e. The molecule has 133 heavy (non-hydrogen) atoms. The van der Waals surface area contributed by atoms with E-state index in [9.17, 15) is 0 Å². The molecule has 0 saturated heterocycles. The van der Waals surface area contributed by atoms with E-state index in [2.05, 4.69) is 322 Å². The molecule has 0 bridgehead atoms. The Kier molecular flexibility index (Phi) is 16.5. The van der Waals surface area contributed by atoms with E-state index < -0.39 is 0 Å². The number of fused-ring (bicyclic) bond motifs is 25. The molecule has 0 saturated carbocycles. The van der Waals surface area contributed by atoms with Crippen LogP contribution in [0.15, 0.2) is 415 Å². The van der Waals surface area contributed by atoms with E-state index in [-0.39, 0.29) is 0 Å². The molecule has 614 valence electrons. The first-order chi connectivity index (χ1) is 65.9. The van der Waals surface area contributed by atoms with Gasteiger partial charge in [-0.15, -0.1) is 11.3 Å². The zero-order valence-corrected chi connectivity index (χ0v) is 71.7. The van der Waals surface area contributed by atoms with Crippen molar-refractivity contribution in [2.75, 3.05) is 0 Å². The molecule has 28 rings (SSSR count). The highest BCUT2D eigenvalue weighted by Gasteiger charge is 2.28. The molecule has 0 aliphatic heterocycles. The van der Waals surface area contributed by atoms with Crippen molar-refractivity contribution in [1.82, 2.24) is 44.9 Å². The number of rotatable bonds is 11. The molecule has 0 atom stereocenters. The molecule has 12 heteroatoms. The molecule has 0 aliphatic rings. The maximum atomic E-state index is 6.46. The summed E-state index contributed by atoms with van der Waals surface area (Å²) in [7, 11) is 0. The van der Waals surface area contributed by atoms with E-state index in [1.807, 2.05) is 84.9 Å². The third-order valence-corrected chi connectivity index (χ3v) is 28.1. The van der Waals surface area contributed by atoms with Gasteiger partial charge in [0.15, 0.2) is 52.4 Å². The number of nitrogens with zero attached hydrogens (tertiary/aromatic N) is 9. The normalized spacial score (nSPS) is 12.1. The van der Waals surface area contributed by atoms with Gasteiger partial charge in [-0.1, -0.05) is 352 Å². The van der Waals surface area contributed by atoms with E-state index in [0.29, 0.717) is 52.4 Å². The zero-order valence-electron chi connectivity index (χ0n) is 70.9. The molecule has 6 heterocycles. The Morgan fingerprint density at radius 2 is 0.519 bits per heavy atom. The Balaban J connectivity index is 0.575. The van der Waals surface area contributed by atoms with Crippen molar-refractivity contribution >= 4 is 183 Å². The predicted molar refractivity (Wildman–Crippen MR) is 549 cm³/mol. The minimum atomic E-state index is 0.566. The van der Waals surface area contributed by atoms with E-state index >= 15 is 0 Å². The van der Waals surface area contributed by atoms with E-state index in [1.165, 1.54) is 4.70 Å². The number of hydrogen-bond donors (Lipinski definition) is 0. The lowest BCUT2D eigenvalue weighted by Crippen LogP contribution is -2.01. The number of hydrogen-bond acceptors (Lipinski definition) is 12. The van der Waals surface area contributed by atoms with Crippen molar-refractivity contribution in [2.45, 2.75) is 0 Å². The van der Waals surface area contributed by atoms with Crippen LogP contribution in [0.25, 0.3) is 297 Å². The van der Waals surface area contributed by atoms with Gasteiger partial charge in [-0.2, -0.15) is 0 Å². The largest absolute Gasteiger partial charge is 0.456 e. The van der Waals surface area contributed by atoms with Gasteiger partial charge >= 0.3 is 0 Å². The van der Waals surface area contributed by atoms with Crippen molar-refractivity contribution in [3.63, 3.8) is 0 Å². The Hall–Kier alpha value is -17.7. The Bertz CT molecular complexity index is 9900. The van der Waals surface area contributed by atoms with Crippen LogP contribution in [0, 0.1) is 0 Å². The first kappa shape index (κ1) is 74.4. The fraction of sp³-hybridized carbons (Fsp3) is 0. The van der Waals surface area contributed by atoms with Crippen LogP contribution in [0.4, 0.5) is 0 Å². The van der Waals surface area contributed by atoms with Crippen molar-refractivity contribution in [1.29, 1.82) is 0 Å². The molecule has 0 radical (unpaired) electrons. The number of aromatic nitrogens is 9. The molecule has 0 amide bonds. The highest BCUT2D eigenvalue weighted by molar-refractivity contribution is 7.26. The summed E-state index contributed by atoms with van der Waals surface area (Å²) in [5, 5.41) is 28.3. The maximum absolute atomic E-state index is 6.46. The van der Waals surface area contributed by atoms with E-state index in [4.69, 9.17) is 53.7 Å². The van der Waals surface area contributed by atoms with Crippen LogP contribution in [0.5, 0.6) is 0 Å². The molecule has 6 aromatic heterocycles. The standard InChI is InChI=1S/C121H67N9O2S/c1-3-25-72(26-4-1)113-122-117(129-119(124-113)94-44-21-49-101-108(94)88-37-13-15-47-99(88)131-101)92-42-18-32-70-53-54-78-67-98(82-35-11-12-36-84(82)107(78)105(70)92)87-39-20-40-90-110-96(46-23-51-103(110)133-112(87)90)121-125-114(73-27-5-2-6-28-73)123-118(130-121)93-43-19-33-71-57-62-86-97(66-75-30-9-10-34-81(75)111(86)106(71)93)77-58-60-80-76(65-77)59-63-85-83(80)61-56-69-31-17-41-91(104(69)85)116-126-115(79-55-52-68-24-7-8-29-74(68)64-79)127-120(128-116)95-45-22-50-102-109(95)89-38-14-16-48-100(89)132-102/h1-67H. The lowest BCUT2D eigenvalue weighted by atomic mass is 9.87. The zero-order chi connectivity index (χ0) is 87.0. The third-order valence-electron chi connectivity index (χ3n) is 26.9. The van der Waals surface area contributed by atoms with Crippen LogP contribution >= 0.6 is 11.3 Å². The monoisotopic (exact) mass is 1710 g/mol. The SMILES string of the molecule is c1ccc(-c2nc(-c3cccc4oc5ccccc5c34)nc(-c3cccc4ccc5cc(-c6cccc7c6sc6cccc(-c8nc(-c9ccccc9)nc(-c9cccc%10ccc%11c(-c%12ccc%13c(ccc%14c%13ccc%13cccc(-c%15nc(-c%16ccc%17ccccc%17c%16)nc(-c%16cccc%17oc%18ccccc%18c%16%17)n%15)c%13%14)c%12)cc%12ccccc%12c%11c9%10)n8)c67)c6ccccc6c5c34)n2)cc1. The molecule has 0 N–H and O–H groups in total. The summed E-state index contributed by atoms with van der Waals surface area (Å²) in [6.07, 6.45) is 0. The second-order valence-corrected chi connectivity index (χ2v) is 35.4. The molecular weight excluding hydrogens is 1640 g/mol. The second kappa shape index (κ2) is 29.4. The van der Waals surface area contributed by atoms with Gasteiger partial charge in [-0.05, 0) is 163 Å². The Morgan fingerprint density at radius 3 is 1.14 bits per heavy atom. The van der Waals surface area contributed by atoms with Gasteiger partial charge in [0.05, 0.1) is 0 Å². The summed E-state index contributed by atoms with van der Waals surface area (Å²) in [5.74, 6) is 5.21. The smallest absolute Gasteiger partial charge is 0.164 e. The van der Waals surface area contributed by atoms with Crippen LogP contribution in [0.2, 0.25) is 0 Å². The lowest BCUT2D eigenvalue weighted by Gasteiger charge is -2.17. The van der Waals surface area contributed by atoms with Crippen molar-refractivity contribution in [3.05, 3.63) is 406 Å². The highest BCUT2D eigenvalue weighted by atomic mass is 32.1. The average molecular weight is 1710 g/mol. The van der Waals surface area contributed by atoms with Gasteiger partial charge in [-0.3, -0.25) is 0 Å².